The fourth-order valence-electron chi connectivity index (χ4n) is 2.98. The van der Waals surface area contributed by atoms with Crippen LogP contribution >= 0.6 is 0 Å². The first-order valence-electron chi connectivity index (χ1n) is 9.37. The molecule has 6 nitrogen and oxygen atoms in total. The Labute approximate surface area is 165 Å². The van der Waals surface area contributed by atoms with Gasteiger partial charge in [-0.05, 0) is 64.8 Å². The summed E-state index contributed by atoms with van der Waals surface area (Å²) in [5, 5.41) is 0.670. The van der Waals surface area contributed by atoms with Gasteiger partial charge in [0, 0.05) is 17.6 Å². The molecule has 0 aliphatic heterocycles. The lowest BCUT2D eigenvalue weighted by molar-refractivity contribution is -0.120. The lowest BCUT2D eigenvalue weighted by Crippen LogP contribution is -2.23. The third-order valence-corrected chi connectivity index (χ3v) is 4.44. The van der Waals surface area contributed by atoms with Gasteiger partial charge < -0.3 is 19.8 Å². The topological polar surface area (TPSA) is 83.5 Å². The summed E-state index contributed by atoms with van der Waals surface area (Å²) in [5.41, 5.74) is 9.13. The van der Waals surface area contributed by atoms with Gasteiger partial charge in [-0.3, -0.25) is 9.59 Å². The fraction of sp³-hybridized carbons (Fsp3) is 0.364. The first-order valence-corrected chi connectivity index (χ1v) is 9.37. The number of hydrogen-bond donors (Lipinski definition) is 1. The smallest absolute Gasteiger partial charge is 0.298 e. The van der Waals surface area contributed by atoms with Gasteiger partial charge in [0.1, 0.15) is 6.61 Å². The Morgan fingerprint density at radius 2 is 1.93 bits per heavy atom. The molecule has 28 heavy (non-hydrogen) atoms. The Bertz CT molecular complexity index is 967. The van der Waals surface area contributed by atoms with Crippen molar-refractivity contribution in [2.75, 3.05) is 12.3 Å². The molecule has 0 atom stereocenters. The van der Waals surface area contributed by atoms with Crippen LogP contribution in [0.25, 0.3) is 10.9 Å². The normalized spacial score (nSPS) is 11.4. The van der Waals surface area contributed by atoms with Crippen LogP contribution in [0, 0.1) is 0 Å². The quantitative estimate of drug-likeness (QED) is 0.398. The van der Waals surface area contributed by atoms with Gasteiger partial charge in [0.2, 0.25) is 5.75 Å². The molecule has 0 aliphatic carbocycles. The predicted octanol–water partition coefficient (Wildman–Crippen LogP) is 4.21. The van der Waals surface area contributed by atoms with E-state index in [1.165, 1.54) is 15.7 Å². The third kappa shape index (κ3) is 5.03. The van der Waals surface area contributed by atoms with E-state index in [9.17, 15) is 9.59 Å². The van der Waals surface area contributed by atoms with Gasteiger partial charge in [0.05, 0.1) is 5.52 Å². The number of carbonyl (C=O) groups excluding carboxylic acids is 1. The number of allylic oxidation sites excluding steroid dienone is 3. The predicted molar refractivity (Wildman–Crippen MR) is 113 cm³/mol. The number of nitrogens with two attached hydrogens (primary N) is 1. The van der Waals surface area contributed by atoms with E-state index >= 15 is 0 Å². The second kappa shape index (κ2) is 9.78. The average molecular weight is 384 g/mol. The standard InChI is InChI=1S/C22H28N2O4/c1-5-24-19-13-17(23)9-10-18(19)20(21(22(24)26)28-14-25)27-12-11-16(4)8-6-7-15(2)3/h7,9-11,13-14H,5-6,8,12,23H2,1-4H3. The highest BCUT2D eigenvalue weighted by molar-refractivity contribution is 5.90. The maximum absolute atomic E-state index is 12.8. The van der Waals surface area contributed by atoms with E-state index < -0.39 is 5.56 Å². The third-order valence-electron chi connectivity index (χ3n) is 4.44. The van der Waals surface area contributed by atoms with E-state index in [4.69, 9.17) is 15.2 Å². The Morgan fingerprint density at radius 1 is 1.18 bits per heavy atom. The molecule has 1 aromatic carbocycles. The van der Waals surface area contributed by atoms with E-state index in [-0.39, 0.29) is 24.6 Å². The van der Waals surface area contributed by atoms with Crippen LogP contribution < -0.4 is 20.8 Å². The van der Waals surface area contributed by atoms with Gasteiger partial charge in [-0.1, -0.05) is 17.2 Å². The highest BCUT2D eigenvalue weighted by atomic mass is 16.5. The summed E-state index contributed by atoms with van der Waals surface area (Å²) in [6, 6.07) is 5.22. The summed E-state index contributed by atoms with van der Waals surface area (Å²) in [6.07, 6.45) is 6.06. The maximum atomic E-state index is 12.8. The van der Waals surface area contributed by atoms with Crippen molar-refractivity contribution in [2.24, 2.45) is 0 Å². The highest BCUT2D eigenvalue weighted by Crippen LogP contribution is 2.33. The van der Waals surface area contributed by atoms with Crippen LogP contribution in [0.15, 0.2) is 46.3 Å². The average Bonchev–Trinajstić information content (AvgIpc) is 2.64. The Kier molecular flexibility index (Phi) is 7.44. The summed E-state index contributed by atoms with van der Waals surface area (Å²) in [5.74, 6) is 0.148. The largest absolute Gasteiger partial charge is 0.485 e. The molecule has 0 saturated carbocycles. The number of pyridine rings is 1. The molecule has 0 spiro atoms. The number of aryl methyl sites for hydroxylation is 1. The number of anilines is 1. The summed E-state index contributed by atoms with van der Waals surface area (Å²) in [6.45, 7) is 8.96. The van der Waals surface area contributed by atoms with Crippen LogP contribution in [-0.4, -0.2) is 17.6 Å². The van der Waals surface area contributed by atoms with E-state index in [1.54, 1.807) is 18.2 Å². The molecule has 2 N–H and O–H groups in total. The van der Waals surface area contributed by atoms with E-state index in [0.29, 0.717) is 23.1 Å². The molecule has 6 heteroatoms. The lowest BCUT2D eigenvalue weighted by Gasteiger charge is -2.16. The van der Waals surface area contributed by atoms with Gasteiger partial charge in [-0.2, -0.15) is 0 Å². The summed E-state index contributed by atoms with van der Waals surface area (Å²) < 4.78 is 12.4. The molecule has 150 valence electrons. The van der Waals surface area contributed by atoms with Crippen molar-refractivity contribution in [3.63, 3.8) is 0 Å². The molecule has 1 heterocycles. The number of benzene rings is 1. The van der Waals surface area contributed by atoms with Crippen molar-refractivity contribution in [3.05, 3.63) is 51.9 Å². The minimum atomic E-state index is -0.424. The van der Waals surface area contributed by atoms with E-state index in [0.717, 1.165) is 12.8 Å². The van der Waals surface area contributed by atoms with Gasteiger partial charge in [-0.15, -0.1) is 0 Å². The molecule has 0 amide bonds. The van der Waals surface area contributed by atoms with Crippen molar-refractivity contribution < 1.29 is 14.3 Å². The Balaban J connectivity index is 2.39. The Hall–Kier alpha value is -3.02. The van der Waals surface area contributed by atoms with Gasteiger partial charge in [0.15, 0.2) is 5.75 Å². The number of aromatic nitrogens is 1. The molecule has 0 unspecified atom stereocenters. The first kappa shape index (κ1) is 21.3. The van der Waals surface area contributed by atoms with Crippen molar-refractivity contribution in [1.29, 1.82) is 0 Å². The molecule has 0 radical (unpaired) electrons. The molecule has 0 saturated heterocycles. The van der Waals surface area contributed by atoms with Crippen LogP contribution in [0.5, 0.6) is 11.5 Å². The fourth-order valence-corrected chi connectivity index (χ4v) is 2.98. The number of carbonyl (C=O) groups is 1. The second-order valence-electron chi connectivity index (χ2n) is 6.88. The zero-order chi connectivity index (χ0) is 20.7. The molecule has 2 rings (SSSR count). The first-order chi connectivity index (χ1) is 13.4. The van der Waals surface area contributed by atoms with Crippen LogP contribution in [0.2, 0.25) is 0 Å². The van der Waals surface area contributed by atoms with Crippen LogP contribution in [0.4, 0.5) is 5.69 Å². The molecule has 0 aliphatic rings. The maximum Gasteiger partial charge on any atom is 0.298 e. The van der Waals surface area contributed by atoms with Gasteiger partial charge in [0.25, 0.3) is 12.0 Å². The number of nitrogens with zero attached hydrogens (tertiary/aromatic N) is 1. The van der Waals surface area contributed by atoms with Crippen LogP contribution in [-0.2, 0) is 11.3 Å². The van der Waals surface area contributed by atoms with Crippen LogP contribution in [0.3, 0.4) is 0 Å². The summed E-state index contributed by atoms with van der Waals surface area (Å²) in [7, 11) is 0. The van der Waals surface area contributed by atoms with Gasteiger partial charge in [-0.25, -0.2) is 0 Å². The molecule has 0 bridgehead atoms. The van der Waals surface area contributed by atoms with E-state index in [2.05, 4.69) is 19.9 Å². The monoisotopic (exact) mass is 384 g/mol. The zero-order valence-corrected chi connectivity index (χ0v) is 17.0. The SMILES string of the molecule is CCn1c(=O)c(OC=O)c(OCC=C(C)CCC=C(C)C)c2ccc(N)cc21. The molecule has 2 aromatic rings. The van der Waals surface area contributed by atoms with Gasteiger partial charge >= 0.3 is 0 Å². The Morgan fingerprint density at radius 3 is 2.57 bits per heavy atom. The lowest BCUT2D eigenvalue weighted by atomic mass is 10.1. The zero-order valence-electron chi connectivity index (χ0n) is 17.0. The van der Waals surface area contributed by atoms with Crippen molar-refractivity contribution in [3.8, 4) is 11.5 Å². The summed E-state index contributed by atoms with van der Waals surface area (Å²) in [4.78, 5) is 23.7. The summed E-state index contributed by atoms with van der Waals surface area (Å²) >= 11 is 0. The second-order valence-corrected chi connectivity index (χ2v) is 6.88. The van der Waals surface area contributed by atoms with Crippen molar-refractivity contribution in [2.45, 2.75) is 47.1 Å². The number of rotatable bonds is 9. The molecule has 0 fully saturated rings. The number of nitrogen functional groups attached to an aromatic ring is 1. The molecular formula is C22H28N2O4. The number of hydrogen-bond acceptors (Lipinski definition) is 5. The van der Waals surface area contributed by atoms with E-state index in [1.807, 2.05) is 19.9 Å². The van der Waals surface area contributed by atoms with Crippen LogP contribution in [0.1, 0.15) is 40.5 Å². The molecular weight excluding hydrogens is 356 g/mol. The molecule has 1 aromatic heterocycles. The minimum absolute atomic E-state index is 0.107. The highest BCUT2D eigenvalue weighted by Gasteiger charge is 2.19. The number of ether oxygens (including phenoxy) is 2. The van der Waals surface area contributed by atoms with Crippen molar-refractivity contribution in [1.82, 2.24) is 4.57 Å². The van der Waals surface area contributed by atoms with Crippen molar-refractivity contribution >= 4 is 23.1 Å². The minimum Gasteiger partial charge on any atom is -0.485 e. The number of fused-ring (bicyclic) bond motifs is 1.